The molecule has 0 saturated carbocycles. The molecule has 7 nitrogen and oxygen atoms in total. The van der Waals surface area contributed by atoms with E-state index < -0.39 is 10.0 Å². The van der Waals surface area contributed by atoms with Gasteiger partial charge in [0.2, 0.25) is 0 Å². The first kappa shape index (κ1) is 21.3. The van der Waals surface area contributed by atoms with Gasteiger partial charge in [0.25, 0.3) is 10.0 Å². The number of morpholine rings is 1. The molecular formula is C23H26N4O3S. The van der Waals surface area contributed by atoms with Gasteiger partial charge in [0, 0.05) is 47.5 Å². The third kappa shape index (κ3) is 4.87. The Balaban J connectivity index is 0.000000334. The van der Waals surface area contributed by atoms with Gasteiger partial charge in [0.1, 0.15) is 4.90 Å². The van der Waals surface area contributed by atoms with Crippen molar-refractivity contribution in [2.24, 2.45) is 0 Å². The minimum absolute atomic E-state index is 0.176. The van der Waals surface area contributed by atoms with Crippen LogP contribution >= 0.6 is 0 Å². The number of fused-ring (bicyclic) bond motifs is 2. The fourth-order valence-electron chi connectivity index (χ4n) is 3.55. The monoisotopic (exact) mass is 438 g/mol. The van der Waals surface area contributed by atoms with Crippen LogP contribution in [-0.4, -0.2) is 44.7 Å². The number of H-pyrrole nitrogens is 1. The predicted molar refractivity (Wildman–Crippen MR) is 124 cm³/mol. The van der Waals surface area contributed by atoms with Crippen molar-refractivity contribution in [2.45, 2.75) is 18.2 Å². The van der Waals surface area contributed by atoms with Crippen LogP contribution in [0.1, 0.15) is 12.5 Å². The van der Waals surface area contributed by atoms with E-state index in [0.717, 1.165) is 54.6 Å². The quantitative estimate of drug-likeness (QED) is 0.452. The fourth-order valence-corrected chi connectivity index (χ4v) is 4.78. The number of ether oxygens (including phenoxy) is 1. The Hall–Kier alpha value is -2.94. The number of para-hydroxylation sites is 1. The first-order valence-electron chi connectivity index (χ1n) is 10.3. The van der Waals surface area contributed by atoms with E-state index in [9.17, 15) is 8.42 Å². The van der Waals surface area contributed by atoms with Crippen LogP contribution in [0.5, 0.6) is 0 Å². The number of aromatic amines is 1. The Labute approximate surface area is 181 Å². The second-order valence-electron chi connectivity index (χ2n) is 7.23. The highest BCUT2D eigenvalue weighted by atomic mass is 32.2. The van der Waals surface area contributed by atoms with E-state index in [2.05, 4.69) is 26.9 Å². The van der Waals surface area contributed by atoms with Gasteiger partial charge in [-0.3, -0.25) is 9.71 Å². The number of hydrogen-bond donors (Lipinski definition) is 3. The molecular weight excluding hydrogens is 412 g/mol. The van der Waals surface area contributed by atoms with Crippen LogP contribution in [0.15, 0.2) is 65.8 Å². The number of aryl methyl sites for hydroxylation is 1. The molecule has 5 rings (SSSR count). The summed E-state index contributed by atoms with van der Waals surface area (Å²) in [7, 11) is -3.73. The summed E-state index contributed by atoms with van der Waals surface area (Å²) in [6, 6.07) is 14.3. The molecule has 0 atom stereocenters. The van der Waals surface area contributed by atoms with Crippen LogP contribution in [0, 0.1) is 0 Å². The molecule has 0 bridgehead atoms. The van der Waals surface area contributed by atoms with Gasteiger partial charge >= 0.3 is 0 Å². The van der Waals surface area contributed by atoms with Crippen LogP contribution < -0.4 is 10.0 Å². The summed E-state index contributed by atoms with van der Waals surface area (Å²) in [6.07, 6.45) is 4.43. The molecule has 0 unspecified atom stereocenters. The molecule has 1 aliphatic rings. The molecule has 0 radical (unpaired) electrons. The van der Waals surface area contributed by atoms with Crippen LogP contribution in [0.3, 0.4) is 0 Å². The third-order valence-corrected chi connectivity index (χ3v) is 6.54. The highest BCUT2D eigenvalue weighted by Gasteiger charge is 2.18. The molecule has 1 fully saturated rings. The normalized spacial score (nSPS) is 14.2. The van der Waals surface area contributed by atoms with Crippen molar-refractivity contribution in [3.63, 3.8) is 0 Å². The number of nitrogens with zero attached hydrogens (tertiary/aromatic N) is 1. The zero-order chi connectivity index (χ0) is 21.7. The summed E-state index contributed by atoms with van der Waals surface area (Å²) in [6.45, 7) is 5.90. The summed E-state index contributed by atoms with van der Waals surface area (Å²) in [5.41, 5.74) is 3.15. The maximum atomic E-state index is 12.9. The highest BCUT2D eigenvalue weighted by molar-refractivity contribution is 7.93. The first-order valence-corrected chi connectivity index (χ1v) is 11.8. The zero-order valence-electron chi connectivity index (χ0n) is 17.4. The number of pyridine rings is 1. The van der Waals surface area contributed by atoms with Crippen LogP contribution in [0.25, 0.3) is 21.8 Å². The van der Waals surface area contributed by atoms with E-state index in [1.165, 1.54) is 0 Å². The number of hydrogen-bond acceptors (Lipinski definition) is 5. The van der Waals surface area contributed by atoms with Crippen LogP contribution in [-0.2, 0) is 21.2 Å². The molecule has 1 aliphatic heterocycles. The van der Waals surface area contributed by atoms with Gasteiger partial charge in [0.05, 0.1) is 18.7 Å². The van der Waals surface area contributed by atoms with E-state index in [0.29, 0.717) is 11.2 Å². The minimum atomic E-state index is -3.73. The van der Waals surface area contributed by atoms with Gasteiger partial charge in [-0.15, -0.1) is 0 Å². The molecule has 1 saturated heterocycles. The maximum absolute atomic E-state index is 12.9. The second kappa shape index (κ2) is 9.47. The smallest absolute Gasteiger partial charge is 0.264 e. The summed E-state index contributed by atoms with van der Waals surface area (Å²) < 4.78 is 33.5. The lowest BCUT2D eigenvalue weighted by Crippen LogP contribution is -2.30. The zero-order valence-corrected chi connectivity index (χ0v) is 18.2. The Kier molecular flexibility index (Phi) is 6.50. The van der Waals surface area contributed by atoms with Crippen molar-refractivity contribution >= 4 is 37.5 Å². The maximum Gasteiger partial charge on any atom is 0.264 e. The van der Waals surface area contributed by atoms with Gasteiger partial charge in [-0.25, -0.2) is 8.42 Å². The molecule has 3 heterocycles. The third-order valence-electron chi connectivity index (χ3n) is 5.13. The van der Waals surface area contributed by atoms with Gasteiger partial charge < -0.3 is 15.0 Å². The Morgan fingerprint density at radius 2 is 1.90 bits per heavy atom. The SMILES string of the molecule is C1COCCN1.CCc1c[nH]c2ccc(NS(=O)(=O)c3cccc4cccnc34)cc12. The average Bonchev–Trinajstić information content (AvgIpc) is 3.22. The van der Waals surface area contributed by atoms with Crippen molar-refractivity contribution in [3.8, 4) is 0 Å². The molecule has 3 N–H and O–H groups in total. The largest absolute Gasteiger partial charge is 0.379 e. The van der Waals surface area contributed by atoms with E-state index in [1.54, 1.807) is 30.5 Å². The Morgan fingerprint density at radius 1 is 1.10 bits per heavy atom. The van der Waals surface area contributed by atoms with Gasteiger partial charge in [-0.05, 0) is 42.3 Å². The number of sulfonamides is 1. The van der Waals surface area contributed by atoms with Crippen molar-refractivity contribution in [3.05, 3.63) is 66.5 Å². The van der Waals surface area contributed by atoms with E-state index in [4.69, 9.17) is 4.74 Å². The highest BCUT2D eigenvalue weighted by Crippen LogP contribution is 2.26. The number of benzene rings is 2. The molecule has 8 heteroatoms. The number of anilines is 1. The lowest BCUT2D eigenvalue weighted by Gasteiger charge is -2.10. The molecule has 4 aromatic rings. The molecule has 2 aromatic heterocycles. The fraction of sp³-hybridized carbons (Fsp3) is 0.261. The van der Waals surface area contributed by atoms with Crippen molar-refractivity contribution in [2.75, 3.05) is 31.0 Å². The van der Waals surface area contributed by atoms with Gasteiger partial charge in [-0.1, -0.05) is 25.1 Å². The van der Waals surface area contributed by atoms with Crippen LogP contribution in [0.2, 0.25) is 0 Å². The minimum Gasteiger partial charge on any atom is -0.379 e. The molecule has 0 aliphatic carbocycles. The Bertz CT molecular complexity index is 1260. The Morgan fingerprint density at radius 3 is 2.61 bits per heavy atom. The summed E-state index contributed by atoms with van der Waals surface area (Å²) in [5, 5.41) is 4.98. The van der Waals surface area contributed by atoms with Crippen molar-refractivity contribution in [1.82, 2.24) is 15.3 Å². The molecule has 31 heavy (non-hydrogen) atoms. The molecule has 2 aromatic carbocycles. The summed E-state index contributed by atoms with van der Waals surface area (Å²) in [4.78, 5) is 7.61. The van der Waals surface area contributed by atoms with E-state index in [1.807, 2.05) is 30.5 Å². The van der Waals surface area contributed by atoms with Crippen molar-refractivity contribution in [1.29, 1.82) is 0 Å². The number of nitrogens with one attached hydrogen (secondary N) is 3. The number of rotatable bonds is 4. The first-order chi connectivity index (χ1) is 15.1. The standard InChI is InChI=1S/C19H17N3O2S.C4H9NO/c1-2-13-12-21-17-9-8-15(11-16(13)17)22-25(23,24)18-7-3-5-14-6-4-10-20-19(14)18;1-3-6-4-2-5-1/h3-12,21-22H,2H2,1H3;5H,1-4H2. The summed E-state index contributed by atoms with van der Waals surface area (Å²) >= 11 is 0. The number of aromatic nitrogens is 2. The lowest BCUT2D eigenvalue weighted by molar-refractivity contribution is 0.109. The van der Waals surface area contributed by atoms with Crippen LogP contribution in [0.4, 0.5) is 5.69 Å². The molecule has 162 valence electrons. The predicted octanol–water partition coefficient (Wildman–Crippen LogP) is 3.69. The molecule has 0 amide bonds. The lowest BCUT2D eigenvalue weighted by atomic mass is 10.1. The van der Waals surface area contributed by atoms with Gasteiger partial charge in [-0.2, -0.15) is 0 Å². The average molecular weight is 439 g/mol. The topological polar surface area (TPSA) is 96.1 Å². The second-order valence-corrected chi connectivity index (χ2v) is 8.88. The van der Waals surface area contributed by atoms with E-state index >= 15 is 0 Å². The molecule has 0 spiro atoms. The summed E-state index contributed by atoms with van der Waals surface area (Å²) in [5.74, 6) is 0. The van der Waals surface area contributed by atoms with Crippen molar-refractivity contribution < 1.29 is 13.2 Å². The van der Waals surface area contributed by atoms with Gasteiger partial charge in [0.15, 0.2) is 0 Å². The van der Waals surface area contributed by atoms with E-state index in [-0.39, 0.29) is 4.90 Å².